The molecule has 0 radical (unpaired) electrons. The molecule has 0 aliphatic carbocycles. The summed E-state index contributed by atoms with van der Waals surface area (Å²) in [6, 6.07) is 0. The SMILES string of the molecule is CCC(C)C(=O)CS(=O)C1CCOC1C. The van der Waals surface area contributed by atoms with E-state index in [4.69, 9.17) is 4.74 Å². The third kappa shape index (κ3) is 3.38. The highest BCUT2D eigenvalue weighted by Gasteiger charge is 2.31. The van der Waals surface area contributed by atoms with Gasteiger partial charge in [-0.1, -0.05) is 13.8 Å². The van der Waals surface area contributed by atoms with Gasteiger partial charge in [0.05, 0.1) is 17.1 Å². The Balaban J connectivity index is 2.44. The van der Waals surface area contributed by atoms with Crippen LogP contribution in [0.4, 0.5) is 0 Å². The summed E-state index contributed by atoms with van der Waals surface area (Å²) < 4.78 is 17.2. The zero-order valence-corrected chi connectivity index (χ0v) is 10.5. The van der Waals surface area contributed by atoms with Gasteiger partial charge in [0, 0.05) is 23.3 Å². The second-order valence-corrected chi connectivity index (χ2v) is 5.86. The monoisotopic (exact) mass is 232 g/mol. The molecule has 1 saturated heterocycles. The molecule has 1 fully saturated rings. The van der Waals surface area contributed by atoms with Gasteiger partial charge in [-0.25, -0.2) is 0 Å². The molecule has 1 heterocycles. The maximum absolute atomic E-state index is 11.9. The summed E-state index contributed by atoms with van der Waals surface area (Å²) in [4.78, 5) is 11.6. The van der Waals surface area contributed by atoms with Crippen LogP contribution in [0.3, 0.4) is 0 Å². The highest BCUT2D eigenvalue weighted by molar-refractivity contribution is 7.86. The Labute approximate surface area is 94.0 Å². The summed E-state index contributed by atoms with van der Waals surface area (Å²) in [7, 11) is -1.05. The Hall–Kier alpha value is -0.220. The van der Waals surface area contributed by atoms with Crippen LogP contribution >= 0.6 is 0 Å². The van der Waals surface area contributed by atoms with E-state index in [1.165, 1.54) is 0 Å². The van der Waals surface area contributed by atoms with E-state index in [2.05, 4.69) is 0 Å². The lowest BCUT2D eigenvalue weighted by Gasteiger charge is -2.14. The lowest BCUT2D eigenvalue weighted by molar-refractivity contribution is -0.119. The molecular formula is C11H20O3S. The normalized spacial score (nSPS) is 30.1. The largest absolute Gasteiger partial charge is 0.377 e. The quantitative estimate of drug-likeness (QED) is 0.722. The third-order valence-electron chi connectivity index (χ3n) is 3.09. The summed E-state index contributed by atoms with van der Waals surface area (Å²) in [5.74, 6) is 0.356. The number of carbonyl (C=O) groups is 1. The van der Waals surface area contributed by atoms with Crippen molar-refractivity contribution in [3.63, 3.8) is 0 Å². The molecular weight excluding hydrogens is 212 g/mol. The predicted molar refractivity (Wildman–Crippen MR) is 61.3 cm³/mol. The zero-order chi connectivity index (χ0) is 11.4. The smallest absolute Gasteiger partial charge is 0.148 e. The average molecular weight is 232 g/mol. The molecule has 0 aromatic heterocycles. The van der Waals surface area contributed by atoms with Crippen LogP contribution in [0, 0.1) is 5.92 Å². The summed E-state index contributed by atoms with van der Waals surface area (Å²) in [6.45, 7) is 6.49. The standard InChI is InChI=1S/C11H20O3S/c1-4-8(2)10(12)7-15(13)11-5-6-14-9(11)3/h8-9,11H,4-7H2,1-3H3. The number of carbonyl (C=O) groups excluding carboxylic acids is 1. The van der Waals surface area contributed by atoms with Crippen molar-refractivity contribution in [2.75, 3.05) is 12.4 Å². The van der Waals surface area contributed by atoms with Crippen molar-refractivity contribution in [3.05, 3.63) is 0 Å². The topological polar surface area (TPSA) is 43.4 Å². The zero-order valence-electron chi connectivity index (χ0n) is 9.69. The van der Waals surface area contributed by atoms with Crippen molar-refractivity contribution in [2.45, 2.75) is 45.0 Å². The first kappa shape index (κ1) is 12.8. The maximum Gasteiger partial charge on any atom is 0.148 e. The van der Waals surface area contributed by atoms with E-state index in [1.54, 1.807) is 0 Å². The first-order chi connectivity index (χ1) is 7.06. The van der Waals surface area contributed by atoms with Crippen molar-refractivity contribution >= 4 is 16.6 Å². The molecule has 1 aliphatic rings. The van der Waals surface area contributed by atoms with Crippen LogP contribution in [0.25, 0.3) is 0 Å². The molecule has 4 heteroatoms. The second kappa shape index (κ2) is 5.75. The van der Waals surface area contributed by atoms with Crippen LogP contribution in [0.15, 0.2) is 0 Å². The Bertz CT molecular complexity index is 252. The average Bonchev–Trinajstić information content (AvgIpc) is 2.63. The number of hydrogen-bond acceptors (Lipinski definition) is 3. The summed E-state index contributed by atoms with van der Waals surface area (Å²) in [5.41, 5.74) is 0. The Kier molecular flexibility index (Phi) is 4.93. The van der Waals surface area contributed by atoms with Crippen molar-refractivity contribution in [1.82, 2.24) is 0 Å². The van der Waals surface area contributed by atoms with Gasteiger partial charge in [0.25, 0.3) is 0 Å². The molecule has 4 unspecified atom stereocenters. The molecule has 4 atom stereocenters. The van der Waals surface area contributed by atoms with Gasteiger partial charge in [0.2, 0.25) is 0 Å². The number of Topliss-reactive ketones (excluding diaryl/α,β-unsaturated/α-hetero) is 1. The van der Waals surface area contributed by atoms with E-state index < -0.39 is 10.8 Å². The van der Waals surface area contributed by atoms with Crippen molar-refractivity contribution in [2.24, 2.45) is 5.92 Å². The number of ketones is 1. The van der Waals surface area contributed by atoms with Gasteiger partial charge in [-0.15, -0.1) is 0 Å². The molecule has 0 saturated carbocycles. The van der Waals surface area contributed by atoms with E-state index >= 15 is 0 Å². The first-order valence-corrected chi connectivity index (χ1v) is 6.96. The molecule has 0 aromatic rings. The molecule has 0 N–H and O–H groups in total. The first-order valence-electron chi connectivity index (χ1n) is 5.57. The Morgan fingerprint density at radius 1 is 1.60 bits per heavy atom. The van der Waals surface area contributed by atoms with E-state index in [1.807, 2.05) is 20.8 Å². The van der Waals surface area contributed by atoms with Crippen LogP contribution in [0.1, 0.15) is 33.6 Å². The van der Waals surface area contributed by atoms with Crippen LogP contribution < -0.4 is 0 Å². The van der Waals surface area contributed by atoms with Crippen LogP contribution in [0.2, 0.25) is 0 Å². The predicted octanol–water partition coefficient (Wildman–Crippen LogP) is 1.53. The molecule has 0 spiro atoms. The fourth-order valence-electron chi connectivity index (χ4n) is 1.67. The number of ether oxygens (including phenoxy) is 1. The van der Waals surface area contributed by atoms with Gasteiger partial charge in [0.1, 0.15) is 5.78 Å². The highest BCUT2D eigenvalue weighted by atomic mass is 32.2. The van der Waals surface area contributed by atoms with E-state index in [9.17, 15) is 9.00 Å². The third-order valence-corrected chi connectivity index (χ3v) is 4.95. The second-order valence-electron chi connectivity index (χ2n) is 4.20. The van der Waals surface area contributed by atoms with E-state index in [0.29, 0.717) is 6.61 Å². The van der Waals surface area contributed by atoms with Crippen molar-refractivity contribution in [1.29, 1.82) is 0 Å². The number of rotatable bonds is 5. The molecule has 3 nitrogen and oxygen atoms in total. The maximum atomic E-state index is 11.9. The lowest BCUT2D eigenvalue weighted by Crippen LogP contribution is -2.29. The van der Waals surface area contributed by atoms with Gasteiger partial charge in [-0.2, -0.15) is 0 Å². The molecule has 15 heavy (non-hydrogen) atoms. The van der Waals surface area contributed by atoms with Crippen molar-refractivity contribution < 1.29 is 13.7 Å². The summed E-state index contributed by atoms with van der Waals surface area (Å²) in [6.07, 6.45) is 1.68. The van der Waals surface area contributed by atoms with Gasteiger partial charge >= 0.3 is 0 Å². The fraction of sp³-hybridized carbons (Fsp3) is 0.909. The molecule has 0 aromatic carbocycles. The fourth-order valence-corrected chi connectivity index (χ4v) is 3.32. The van der Waals surface area contributed by atoms with Crippen LogP contribution in [-0.4, -0.2) is 33.7 Å². The van der Waals surface area contributed by atoms with Gasteiger partial charge in [0.15, 0.2) is 0 Å². The minimum absolute atomic E-state index is 0.0339. The summed E-state index contributed by atoms with van der Waals surface area (Å²) >= 11 is 0. The van der Waals surface area contributed by atoms with E-state index in [-0.39, 0.29) is 28.8 Å². The molecule has 0 amide bonds. The minimum Gasteiger partial charge on any atom is -0.377 e. The molecule has 1 aliphatic heterocycles. The van der Waals surface area contributed by atoms with Crippen LogP contribution in [-0.2, 0) is 20.3 Å². The number of hydrogen-bond donors (Lipinski definition) is 0. The van der Waals surface area contributed by atoms with Gasteiger partial charge in [-0.3, -0.25) is 9.00 Å². The molecule has 1 rings (SSSR count). The molecule has 0 bridgehead atoms. The van der Waals surface area contributed by atoms with E-state index in [0.717, 1.165) is 12.8 Å². The summed E-state index contributed by atoms with van der Waals surface area (Å²) in [5, 5.41) is 0.0537. The van der Waals surface area contributed by atoms with Crippen LogP contribution in [0.5, 0.6) is 0 Å². The van der Waals surface area contributed by atoms with Gasteiger partial charge < -0.3 is 4.74 Å². The lowest BCUT2D eigenvalue weighted by atomic mass is 10.1. The van der Waals surface area contributed by atoms with Crippen molar-refractivity contribution in [3.8, 4) is 0 Å². The highest BCUT2D eigenvalue weighted by Crippen LogP contribution is 2.19. The molecule has 88 valence electrons. The van der Waals surface area contributed by atoms with Gasteiger partial charge in [-0.05, 0) is 19.8 Å². The Morgan fingerprint density at radius 2 is 2.27 bits per heavy atom. The minimum atomic E-state index is -1.05. The Morgan fingerprint density at radius 3 is 2.73 bits per heavy atom.